The standard InChI is InChI=1S/C23H22ClNO3/c1-15-7-6-10-21(16(15)2)28-14-22(26)25-20-12-11-18(24)13-19(20)23(27)17-8-4-3-5-9-17/h3-13,23,27H,14H2,1-2H3,(H,25,26)/t23-/m0/s1. The van der Waals surface area contributed by atoms with Crippen molar-refractivity contribution >= 4 is 23.2 Å². The maximum Gasteiger partial charge on any atom is 0.262 e. The predicted molar refractivity (Wildman–Crippen MR) is 112 cm³/mol. The van der Waals surface area contributed by atoms with Crippen LogP contribution in [0.3, 0.4) is 0 Å². The SMILES string of the molecule is Cc1cccc(OCC(=O)Nc2ccc(Cl)cc2[C@@H](O)c2ccccc2)c1C. The lowest BCUT2D eigenvalue weighted by Crippen LogP contribution is -2.21. The summed E-state index contributed by atoms with van der Waals surface area (Å²) in [6.07, 6.45) is -0.907. The van der Waals surface area contributed by atoms with Gasteiger partial charge >= 0.3 is 0 Å². The molecule has 3 aromatic rings. The molecule has 1 atom stereocenters. The van der Waals surface area contributed by atoms with Crippen LogP contribution in [0, 0.1) is 13.8 Å². The van der Waals surface area contributed by atoms with Gasteiger partial charge in [0.15, 0.2) is 6.61 Å². The molecule has 0 saturated heterocycles. The molecule has 5 heteroatoms. The third kappa shape index (κ3) is 4.71. The number of anilines is 1. The van der Waals surface area contributed by atoms with E-state index in [1.165, 1.54) is 0 Å². The second-order valence-corrected chi connectivity index (χ2v) is 7.02. The van der Waals surface area contributed by atoms with Crippen LogP contribution < -0.4 is 10.1 Å². The van der Waals surface area contributed by atoms with Gasteiger partial charge in [-0.15, -0.1) is 0 Å². The van der Waals surface area contributed by atoms with Gasteiger partial charge in [-0.25, -0.2) is 0 Å². The lowest BCUT2D eigenvalue weighted by molar-refractivity contribution is -0.118. The monoisotopic (exact) mass is 395 g/mol. The summed E-state index contributed by atoms with van der Waals surface area (Å²) in [6.45, 7) is 3.82. The van der Waals surface area contributed by atoms with Gasteiger partial charge in [0.05, 0.1) is 0 Å². The van der Waals surface area contributed by atoms with Gasteiger partial charge in [-0.2, -0.15) is 0 Å². The predicted octanol–water partition coefficient (Wildman–Crippen LogP) is 5.06. The third-order valence-electron chi connectivity index (χ3n) is 4.61. The third-order valence-corrected chi connectivity index (χ3v) is 4.85. The summed E-state index contributed by atoms with van der Waals surface area (Å²) in [4.78, 5) is 12.4. The largest absolute Gasteiger partial charge is 0.483 e. The van der Waals surface area contributed by atoms with Crippen LogP contribution in [0.2, 0.25) is 5.02 Å². The summed E-state index contributed by atoms with van der Waals surface area (Å²) in [5, 5.41) is 14.0. The molecule has 3 rings (SSSR count). The van der Waals surface area contributed by atoms with E-state index in [9.17, 15) is 9.90 Å². The minimum atomic E-state index is -0.907. The first-order valence-corrected chi connectivity index (χ1v) is 9.35. The van der Waals surface area contributed by atoms with Gasteiger partial charge in [-0.05, 0) is 54.8 Å². The van der Waals surface area contributed by atoms with Crippen molar-refractivity contribution in [3.05, 3.63) is 94.0 Å². The van der Waals surface area contributed by atoms with E-state index in [1.54, 1.807) is 18.2 Å². The van der Waals surface area contributed by atoms with Gasteiger partial charge in [0, 0.05) is 16.3 Å². The molecule has 0 heterocycles. The fourth-order valence-corrected chi connectivity index (χ4v) is 3.08. The molecule has 0 fully saturated rings. The minimum Gasteiger partial charge on any atom is -0.483 e. The van der Waals surface area contributed by atoms with E-state index in [1.807, 2.05) is 62.4 Å². The fourth-order valence-electron chi connectivity index (χ4n) is 2.90. The molecule has 0 aromatic heterocycles. The molecular weight excluding hydrogens is 374 g/mol. The Morgan fingerprint density at radius 1 is 1.07 bits per heavy atom. The lowest BCUT2D eigenvalue weighted by Gasteiger charge is -2.17. The van der Waals surface area contributed by atoms with Crippen molar-refractivity contribution in [2.24, 2.45) is 0 Å². The minimum absolute atomic E-state index is 0.131. The highest BCUT2D eigenvalue weighted by Crippen LogP contribution is 2.31. The molecular formula is C23H22ClNO3. The number of hydrogen-bond acceptors (Lipinski definition) is 3. The van der Waals surface area contributed by atoms with Crippen molar-refractivity contribution in [1.29, 1.82) is 0 Å². The maximum absolute atomic E-state index is 12.4. The zero-order valence-corrected chi connectivity index (χ0v) is 16.5. The van der Waals surface area contributed by atoms with Crippen LogP contribution in [0.1, 0.15) is 28.4 Å². The first-order chi connectivity index (χ1) is 13.5. The number of ether oxygens (including phenoxy) is 1. The molecule has 3 aromatic carbocycles. The topological polar surface area (TPSA) is 58.6 Å². The van der Waals surface area contributed by atoms with Gasteiger partial charge in [-0.3, -0.25) is 4.79 Å². The number of nitrogens with one attached hydrogen (secondary N) is 1. The number of benzene rings is 3. The number of carbonyl (C=O) groups excluding carboxylic acids is 1. The Morgan fingerprint density at radius 3 is 2.57 bits per heavy atom. The molecule has 0 radical (unpaired) electrons. The van der Waals surface area contributed by atoms with Crippen molar-refractivity contribution in [3.8, 4) is 5.75 Å². The number of aryl methyl sites for hydroxylation is 1. The summed E-state index contributed by atoms with van der Waals surface area (Å²) in [5.41, 5.74) is 3.84. The fraction of sp³-hybridized carbons (Fsp3) is 0.174. The Kier molecular flexibility index (Phi) is 6.34. The zero-order valence-electron chi connectivity index (χ0n) is 15.8. The molecule has 0 saturated carbocycles. The maximum atomic E-state index is 12.4. The summed E-state index contributed by atoms with van der Waals surface area (Å²) < 4.78 is 5.66. The average Bonchev–Trinajstić information content (AvgIpc) is 2.70. The molecule has 144 valence electrons. The van der Waals surface area contributed by atoms with Crippen LogP contribution in [0.4, 0.5) is 5.69 Å². The first-order valence-electron chi connectivity index (χ1n) is 8.97. The molecule has 4 nitrogen and oxygen atoms in total. The number of carbonyl (C=O) groups is 1. The highest BCUT2D eigenvalue weighted by molar-refractivity contribution is 6.30. The Morgan fingerprint density at radius 2 is 1.82 bits per heavy atom. The quantitative estimate of drug-likeness (QED) is 0.613. The van der Waals surface area contributed by atoms with Crippen LogP contribution in [-0.4, -0.2) is 17.6 Å². The average molecular weight is 396 g/mol. The number of rotatable bonds is 6. The molecule has 1 amide bonds. The van der Waals surface area contributed by atoms with Crippen molar-refractivity contribution < 1.29 is 14.6 Å². The first kappa shape index (κ1) is 19.9. The number of aliphatic hydroxyl groups is 1. The smallest absolute Gasteiger partial charge is 0.262 e. The van der Waals surface area contributed by atoms with E-state index in [2.05, 4.69) is 5.32 Å². The highest BCUT2D eigenvalue weighted by Gasteiger charge is 2.17. The summed E-state index contributed by atoms with van der Waals surface area (Å²) in [7, 11) is 0. The molecule has 0 bridgehead atoms. The summed E-state index contributed by atoms with van der Waals surface area (Å²) in [6, 6.07) is 19.9. The van der Waals surface area contributed by atoms with Gasteiger partial charge < -0.3 is 15.2 Å². The van der Waals surface area contributed by atoms with Crippen molar-refractivity contribution in [1.82, 2.24) is 0 Å². The molecule has 0 aliphatic heterocycles. The van der Waals surface area contributed by atoms with Crippen LogP contribution in [-0.2, 0) is 4.79 Å². The highest BCUT2D eigenvalue weighted by atomic mass is 35.5. The number of aliphatic hydroxyl groups excluding tert-OH is 1. The number of hydrogen-bond donors (Lipinski definition) is 2. The van der Waals surface area contributed by atoms with Crippen LogP contribution in [0.15, 0.2) is 66.7 Å². The number of amides is 1. The Hall–Kier alpha value is -2.82. The van der Waals surface area contributed by atoms with Crippen molar-refractivity contribution in [2.75, 3.05) is 11.9 Å². The second-order valence-electron chi connectivity index (χ2n) is 6.58. The molecule has 28 heavy (non-hydrogen) atoms. The molecule has 0 aliphatic rings. The number of halogens is 1. The van der Waals surface area contributed by atoms with E-state index in [0.717, 1.165) is 11.1 Å². The van der Waals surface area contributed by atoms with Crippen LogP contribution >= 0.6 is 11.6 Å². The lowest BCUT2D eigenvalue weighted by atomic mass is 10.00. The van der Waals surface area contributed by atoms with E-state index in [4.69, 9.17) is 16.3 Å². The van der Waals surface area contributed by atoms with Gasteiger partial charge in [0.2, 0.25) is 0 Å². The molecule has 0 unspecified atom stereocenters. The van der Waals surface area contributed by atoms with Gasteiger partial charge in [0.1, 0.15) is 11.9 Å². The molecule has 0 spiro atoms. The zero-order chi connectivity index (χ0) is 20.1. The summed E-state index contributed by atoms with van der Waals surface area (Å²) >= 11 is 6.11. The van der Waals surface area contributed by atoms with Gasteiger partial charge in [-0.1, -0.05) is 54.1 Å². The molecule has 0 aliphatic carbocycles. The van der Waals surface area contributed by atoms with E-state index >= 15 is 0 Å². The van der Waals surface area contributed by atoms with Gasteiger partial charge in [0.25, 0.3) is 5.91 Å². The normalized spacial score (nSPS) is 11.7. The Labute approximate surface area is 169 Å². The van der Waals surface area contributed by atoms with Crippen LogP contribution in [0.25, 0.3) is 0 Å². The second kappa shape index (κ2) is 8.91. The van der Waals surface area contributed by atoms with Crippen molar-refractivity contribution in [3.63, 3.8) is 0 Å². The Bertz CT molecular complexity index is 973. The summed E-state index contributed by atoms with van der Waals surface area (Å²) in [5.74, 6) is 0.362. The Balaban J connectivity index is 1.75. The van der Waals surface area contributed by atoms with E-state index < -0.39 is 6.10 Å². The van der Waals surface area contributed by atoms with E-state index in [0.29, 0.717) is 27.6 Å². The van der Waals surface area contributed by atoms with Crippen molar-refractivity contribution in [2.45, 2.75) is 20.0 Å². The van der Waals surface area contributed by atoms with Crippen LogP contribution in [0.5, 0.6) is 5.75 Å². The van der Waals surface area contributed by atoms with E-state index in [-0.39, 0.29) is 12.5 Å². The molecule has 2 N–H and O–H groups in total.